The summed E-state index contributed by atoms with van der Waals surface area (Å²) in [5.74, 6) is -2.70. The van der Waals surface area contributed by atoms with Gasteiger partial charge in [0.25, 0.3) is 0 Å². The minimum absolute atomic E-state index is 0.00618. The first-order valence-electron chi connectivity index (χ1n) is 9.56. The fourth-order valence-corrected chi connectivity index (χ4v) is 3.43. The molecule has 9 nitrogen and oxygen atoms in total. The maximum atomic E-state index is 14.1. The van der Waals surface area contributed by atoms with Gasteiger partial charge in [0, 0.05) is 35.8 Å². The summed E-state index contributed by atoms with van der Waals surface area (Å²) in [5.41, 5.74) is 7.49. The van der Waals surface area contributed by atoms with Crippen molar-refractivity contribution in [2.24, 2.45) is 0 Å². The van der Waals surface area contributed by atoms with Crippen molar-refractivity contribution in [3.05, 3.63) is 72.5 Å². The number of alkyl halides is 3. The minimum atomic E-state index is -4.68. The van der Waals surface area contributed by atoms with Crippen molar-refractivity contribution < 1.29 is 22.0 Å². The Hall–Kier alpha value is -4.49. The Morgan fingerprint density at radius 1 is 0.971 bits per heavy atom. The molecule has 4 heterocycles. The van der Waals surface area contributed by atoms with Gasteiger partial charge in [-0.05, 0) is 12.1 Å². The van der Waals surface area contributed by atoms with Crippen LogP contribution in [0.4, 0.5) is 27.8 Å². The van der Waals surface area contributed by atoms with E-state index in [1.54, 1.807) is 10.8 Å². The lowest BCUT2D eigenvalue weighted by Gasteiger charge is -2.05. The zero-order valence-electron chi connectivity index (χ0n) is 16.9. The largest absolute Gasteiger partial charge is 0.451 e. The average molecular weight is 473 g/mol. The average Bonchev–Trinajstić information content (AvgIpc) is 3.39. The van der Waals surface area contributed by atoms with Crippen molar-refractivity contribution in [1.29, 1.82) is 0 Å². The standard InChI is InChI=1S/C20H12F5N9/c21-11-1-2-15(14(22)3-11)34-7-12(31-32-34)6-33-8-13(16-17(26)29-9-30-18(16)33)10-4-27-19(28-5-10)20(23,24)25/h1-5,7-9H,6H2,(H2,26,29,30). The number of rotatable bonds is 4. The number of aromatic nitrogens is 8. The molecule has 0 atom stereocenters. The first kappa shape index (κ1) is 21.4. The van der Waals surface area contributed by atoms with Gasteiger partial charge in [0.1, 0.15) is 35.0 Å². The van der Waals surface area contributed by atoms with Crippen LogP contribution in [0.5, 0.6) is 0 Å². The van der Waals surface area contributed by atoms with Crippen LogP contribution in [-0.4, -0.2) is 39.5 Å². The summed E-state index contributed by atoms with van der Waals surface area (Å²) in [4.78, 5) is 15.0. The van der Waals surface area contributed by atoms with Crippen LogP contribution in [0.2, 0.25) is 0 Å². The summed E-state index contributed by atoms with van der Waals surface area (Å²) in [5, 5.41) is 8.28. The molecule has 5 rings (SSSR count). The molecule has 0 aliphatic heterocycles. The zero-order chi connectivity index (χ0) is 24.0. The topological polar surface area (TPSA) is 113 Å². The van der Waals surface area contributed by atoms with Gasteiger partial charge in [-0.15, -0.1) is 5.10 Å². The van der Waals surface area contributed by atoms with Crippen molar-refractivity contribution in [2.45, 2.75) is 12.7 Å². The van der Waals surface area contributed by atoms with Crippen LogP contribution in [0.25, 0.3) is 27.8 Å². The van der Waals surface area contributed by atoms with Crippen molar-refractivity contribution >= 4 is 16.9 Å². The van der Waals surface area contributed by atoms with Crippen molar-refractivity contribution in [2.75, 3.05) is 5.73 Å². The van der Waals surface area contributed by atoms with Crippen LogP contribution in [0.3, 0.4) is 0 Å². The van der Waals surface area contributed by atoms with E-state index in [4.69, 9.17) is 5.73 Å². The number of halogens is 5. The minimum Gasteiger partial charge on any atom is -0.383 e. The molecule has 2 N–H and O–H groups in total. The molecule has 34 heavy (non-hydrogen) atoms. The summed E-state index contributed by atoms with van der Waals surface area (Å²) >= 11 is 0. The molecule has 0 aliphatic carbocycles. The lowest BCUT2D eigenvalue weighted by atomic mass is 10.1. The van der Waals surface area contributed by atoms with Crippen LogP contribution < -0.4 is 5.73 Å². The second-order valence-electron chi connectivity index (χ2n) is 7.17. The molecule has 14 heteroatoms. The molecule has 4 aromatic heterocycles. The van der Waals surface area contributed by atoms with E-state index in [9.17, 15) is 22.0 Å². The van der Waals surface area contributed by atoms with Gasteiger partial charge < -0.3 is 10.3 Å². The molecule has 0 unspecified atom stereocenters. The van der Waals surface area contributed by atoms with E-state index in [0.29, 0.717) is 22.3 Å². The van der Waals surface area contributed by atoms with E-state index < -0.39 is 23.6 Å². The first-order valence-corrected chi connectivity index (χ1v) is 9.56. The number of anilines is 1. The summed E-state index contributed by atoms with van der Waals surface area (Å²) in [6, 6.07) is 3.05. The van der Waals surface area contributed by atoms with Gasteiger partial charge in [0.2, 0.25) is 5.82 Å². The van der Waals surface area contributed by atoms with E-state index in [1.165, 1.54) is 18.6 Å². The van der Waals surface area contributed by atoms with Gasteiger partial charge in [0.15, 0.2) is 5.82 Å². The number of hydrogen-bond acceptors (Lipinski definition) is 7. The SMILES string of the molecule is Nc1ncnc2c1c(-c1cnc(C(F)(F)F)nc1)cn2Cc1cn(-c2ccc(F)cc2F)nn1. The third-order valence-electron chi connectivity index (χ3n) is 4.93. The molecule has 0 bridgehead atoms. The first-order chi connectivity index (χ1) is 16.2. The van der Waals surface area contributed by atoms with E-state index in [2.05, 4.69) is 30.2 Å². The van der Waals surface area contributed by atoms with Gasteiger partial charge in [-0.3, -0.25) is 0 Å². The van der Waals surface area contributed by atoms with Crippen molar-refractivity contribution in [1.82, 2.24) is 39.5 Å². The normalized spacial score (nSPS) is 11.9. The molecule has 1 aromatic carbocycles. The predicted molar refractivity (Wildman–Crippen MR) is 108 cm³/mol. The van der Waals surface area contributed by atoms with Crippen molar-refractivity contribution in [3.63, 3.8) is 0 Å². The third-order valence-corrected chi connectivity index (χ3v) is 4.93. The Kier molecular flexibility index (Phi) is 4.92. The molecule has 0 fully saturated rings. The van der Waals surface area contributed by atoms with Crippen LogP contribution >= 0.6 is 0 Å². The monoisotopic (exact) mass is 473 g/mol. The Morgan fingerprint density at radius 3 is 2.44 bits per heavy atom. The van der Waals surface area contributed by atoms with Gasteiger partial charge in [-0.25, -0.2) is 33.4 Å². The summed E-state index contributed by atoms with van der Waals surface area (Å²) < 4.78 is 68.5. The molecule has 5 aromatic rings. The lowest BCUT2D eigenvalue weighted by Crippen LogP contribution is -2.10. The molecule has 0 radical (unpaired) electrons. The summed E-state index contributed by atoms with van der Waals surface area (Å²) in [6.45, 7) is 0.108. The van der Waals surface area contributed by atoms with E-state index in [1.807, 2.05) is 0 Å². The molecule has 0 aliphatic rings. The Bertz CT molecular complexity index is 1510. The van der Waals surface area contributed by atoms with Crippen LogP contribution in [0.15, 0.2) is 49.3 Å². The van der Waals surface area contributed by atoms with Crippen LogP contribution in [-0.2, 0) is 12.7 Å². The number of nitrogen functional groups attached to an aromatic ring is 1. The maximum absolute atomic E-state index is 14.1. The number of nitrogens with zero attached hydrogens (tertiary/aromatic N) is 8. The second kappa shape index (κ2) is 7.83. The fourth-order valence-electron chi connectivity index (χ4n) is 3.43. The van der Waals surface area contributed by atoms with Crippen molar-refractivity contribution in [3.8, 4) is 16.8 Å². The van der Waals surface area contributed by atoms with E-state index in [0.717, 1.165) is 29.2 Å². The third kappa shape index (κ3) is 3.78. The Balaban J connectivity index is 1.53. The van der Waals surface area contributed by atoms with Crippen LogP contribution in [0, 0.1) is 11.6 Å². The quantitative estimate of drug-likeness (QED) is 0.398. The highest BCUT2D eigenvalue weighted by Crippen LogP contribution is 2.33. The highest BCUT2D eigenvalue weighted by atomic mass is 19.4. The number of nitrogens with two attached hydrogens (primary N) is 1. The molecule has 172 valence electrons. The lowest BCUT2D eigenvalue weighted by molar-refractivity contribution is -0.144. The summed E-state index contributed by atoms with van der Waals surface area (Å²) in [6.07, 6.45) is 1.69. The summed E-state index contributed by atoms with van der Waals surface area (Å²) in [7, 11) is 0. The number of hydrogen-bond donors (Lipinski definition) is 1. The fraction of sp³-hybridized carbons (Fsp3) is 0.100. The van der Waals surface area contributed by atoms with Gasteiger partial charge in [-0.2, -0.15) is 13.2 Å². The zero-order valence-corrected chi connectivity index (χ0v) is 16.9. The van der Waals surface area contributed by atoms with Gasteiger partial charge >= 0.3 is 6.18 Å². The molecule has 0 amide bonds. The molecular formula is C20H12F5N9. The Labute approximate surface area is 186 Å². The van der Waals surface area contributed by atoms with E-state index in [-0.39, 0.29) is 23.6 Å². The Morgan fingerprint density at radius 2 is 1.74 bits per heavy atom. The van der Waals surface area contributed by atoms with Gasteiger partial charge in [-0.1, -0.05) is 5.21 Å². The van der Waals surface area contributed by atoms with Gasteiger partial charge in [0.05, 0.1) is 18.1 Å². The molecule has 0 saturated heterocycles. The van der Waals surface area contributed by atoms with E-state index >= 15 is 0 Å². The molecule has 0 saturated carbocycles. The smallest absolute Gasteiger partial charge is 0.383 e. The number of fused-ring (bicyclic) bond motifs is 1. The second-order valence-corrected chi connectivity index (χ2v) is 7.17. The molecule has 0 spiro atoms. The highest BCUT2D eigenvalue weighted by molar-refractivity contribution is 6.00. The molecular weight excluding hydrogens is 461 g/mol. The maximum Gasteiger partial charge on any atom is 0.451 e. The predicted octanol–water partition coefficient (Wildman–Crippen LogP) is 3.40. The van der Waals surface area contributed by atoms with Crippen LogP contribution in [0.1, 0.15) is 11.5 Å². The highest BCUT2D eigenvalue weighted by Gasteiger charge is 2.34. The number of benzene rings is 1.